The van der Waals surface area contributed by atoms with E-state index in [4.69, 9.17) is 33.9 Å². The van der Waals surface area contributed by atoms with Gasteiger partial charge in [-0.1, -0.05) is 23.2 Å². The number of nitro groups is 1. The second-order valence-corrected chi connectivity index (χ2v) is 7.65. The summed E-state index contributed by atoms with van der Waals surface area (Å²) in [5.74, 6) is 0.976. The summed E-state index contributed by atoms with van der Waals surface area (Å²) < 4.78 is 1.85. The van der Waals surface area contributed by atoms with E-state index in [0.717, 1.165) is 17.6 Å². The summed E-state index contributed by atoms with van der Waals surface area (Å²) in [4.78, 5) is 23.3. The van der Waals surface area contributed by atoms with E-state index in [-0.39, 0.29) is 11.5 Å². The zero-order valence-corrected chi connectivity index (χ0v) is 18.1. The summed E-state index contributed by atoms with van der Waals surface area (Å²) in [5, 5.41) is 18.3. The fraction of sp³-hybridized carbons (Fsp3) is 0.150. The van der Waals surface area contributed by atoms with E-state index in [1.807, 2.05) is 22.7 Å². The molecule has 0 spiro atoms. The van der Waals surface area contributed by atoms with Gasteiger partial charge in [0.05, 0.1) is 15.6 Å². The Labute approximate surface area is 192 Å². The van der Waals surface area contributed by atoms with Crippen molar-refractivity contribution in [3.05, 3.63) is 69.0 Å². The van der Waals surface area contributed by atoms with Crippen LogP contribution in [0.1, 0.15) is 6.42 Å². The first kappa shape index (κ1) is 21.6. The van der Waals surface area contributed by atoms with Crippen LogP contribution < -0.4 is 16.4 Å². The molecule has 0 saturated carbocycles. The minimum Gasteiger partial charge on any atom is -0.378 e. The smallest absolute Gasteiger partial charge is 0.311 e. The topological polar surface area (TPSA) is 136 Å². The van der Waals surface area contributed by atoms with Gasteiger partial charge in [0.15, 0.2) is 0 Å². The van der Waals surface area contributed by atoms with Gasteiger partial charge in [-0.05, 0) is 30.7 Å². The van der Waals surface area contributed by atoms with Crippen molar-refractivity contribution >= 4 is 52.1 Å². The molecule has 0 radical (unpaired) electrons. The number of nitrogen functional groups attached to an aromatic ring is 1. The fourth-order valence-corrected chi connectivity index (χ4v) is 3.61. The number of aromatic nitrogens is 4. The SMILES string of the molecule is Nc1nc(NCCCNc2nc(-c3ccc(Cl)cc3Cl)cc3nccn23)ccc1[N+](=O)[O-]. The monoisotopic (exact) mass is 472 g/mol. The molecule has 0 atom stereocenters. The Hall–Kier alpha value is -3.63. The standard InChI is InChI=1S/C20H18Cl2N8O2/c21-12-2-3-13(14(22)10-12)15-11-18-25-8-9-29(18)20(27-15)26-7-1-6-24-17-5-4-16(30(31)32)19(23)28-17/h2-5,8-11H,1,6-7H2,(H,26,27)(H3,23,24,28). The molecule has 4 rings (SSSR count). The number of halogens is 2. The Morgan fingerprint density at radius 1 is 1.09 bits per heavy atom. The van der Waals surface area contributed by atoms with Gasteiger partial charge < -0.3 is 16.4 Å². The average Bonchev–Trinajstić information content (AvgIpc) is 3.22. The first-order valence-electron chi connectivity index (χ1n) is 9.60. The molecule has 10 nitrogen and oxygen atoms in total. The molecule has 12 heteroatoms. The van der Waals surface area contributed by atoms with Crippen LogP contribution in [0.25, 0.3) is 16.9 Å². The predicted octanol–water partition coefficient (Wildman–Crippen LogP) is 4.50. The lowest BCUT2D eigenvalue weighted by atomic mass is 10.1. The van der Waals surface area contributed by atoms with Crippen molar-refractivity contribution in [1.82, 2.24) is 19.4 Å². The lowest BCUT2D eigenvalue weighted by molar-refractivity contribution is -0.384. The normalized spacial score (nSPS) is 10.9. The van der Waals surface area contributed by atoms with Crippen LogP contribution >= 0.6 is 23.2 Å². The lowest BCUT2D eigenvalue weighted by Gasteiger charge is -2.12. The maximum atomic E-state index is 10.8. The molecule has 0 fully saturated rings. The van der Waals surface area contributed by atoms with Crippen molar-refractivity contribution in [2.75, 3.05) is 29.5 Å². The minimum atomic E-state index is -0.564. The van der Waals surface area contributed by atoms with E-state index in [2.05, 4.69) is 20.6 Å². The third-order valence-corrected chi connectivity index (χ3v) is 5.19. The van der Waals surface area contributed by atoms with E-state index in [1.165, 1.54) is 12.1 Å². The third kappa shape index (κ3) is 4.66. The molecular formula is C20H18Cl2N8O2. The van der Waals surface area contributed by atoms with Crippen LogP contribution in [0.4, 0.5) is 23.3 Å². The van der Waals surface area contributed by atoms with E-state index < -0.39 is 4.92 Å². The third-order valence-electron chi connectivity index (χ3n) is 4.64. The Balaban J connectivity index is 1.42. The van der Waals surface area contributed by atoms with E-state index in [9.17, 15) is 10.1 Å². The lowest BCUT2D eigenvalue weighted by Crippen LogP contribution is -2.13. The van der Waals surface area contributed by atoms with Gasteiger partial charge in [0.25, 0.3) is 0 Å². The van der Waals surface area contributed by atoms with Gasteiger partial charge in [0.2, 0.25) is 11.8 Å². The highest BCUT2D eigenvalue weighted by molar-refractivity contribution is 6.36. The van der Waals surface area contributed by atoms with Gasteiger partial charge in [-0.15, -0.1) is 0 Å². The number of pyridine rings is 1. The molecule has 32 heavy (non-hydrogen) atoms. The molecule has 3 aromatic heterocycles. The highest BCUT2D eigenvalue weighted by atomic mass is 35.5. The van der Waals surface area contributed by atoms with E-state index >= 15 is 0 Å². The van der Waals surface area contributed by atoms with Crippen molar-refractivity contribution < 1.29 is 4.92 Å². The highest BCUT2D eigenvalue weighted by Crippen LogP contribution is 2.30. The first-order valence-corrected chi connectivity index (χ1v) is 10.4. The molecular weight excluding hydrogens is 455 g/mol. The molecule has 0 bridgehead atoms. The summed E-state index contributed by atoms with van der Waals surface area (Å²) in [6.45, 7) is 1.18. The second-order valence-electron chi connectivity index (χ2n) is 6.81. The molecule has 3 heterocycles. The van der Waals surface area contributed by atoms with Gasteiger partial charge in [-0.25, -0.2) is 15.0 Å². The maximum Gasteiger partial charge on any atom is 0.311 e. The summed E-state index contributed by atoms with van der Waals surface area (Å²) in [6, 6.07) is 9.97. The highest BCUT2D eigenvalue weighted by Gasteiger charge is 2.13. The number of rotatable bonds is 8. The molecule has 4 aromatic rings. The van der Waals surface area contributed by atoms with Crippen molar-refractivity contribution in [2.24, 2.45) is 0 Å². The zero-order valence-electron chi connectivity index (χ0n) is 16.6. The maximum absolute atomic E-state index is 10.8. The summed E-state index contributed by atoms with van der Waals surface area (Å²) in [5.41, 5.74) is 7.56. The molecule has 0 aliphatic heterocycles. The van der Waals surface area contributed by atoms with Crippen LogP contribution in [0, 0.1) is 10.1 Å². The fourth-order valence-electron chi connectivity index (χ4n) is 3.11. The number of anilines is 3. The molecule has 0 aliphatic carbocycles. The number of benzene rings is 1. The van der Waals surface area contributed by atoms with Crippen molar-refractivity contribution in [3.63, 3.8) is 0 Å². The molecule has 1 aromatic carbocycles. The second kappa shape index (κ2) is 9.25. The summed E-state index contributed by atoms with van der Waals surface area (Å²) in [6.07, 6.45) is 4.24. The zero-order chi connectivity index (χ0) is 22.7. The van der Waals surface area contributed by atoms with Crippen LogP contribution in [0.15, 0.2) is 48.8 Å². The Morgan fingerprint density at radius 3 is 2.66 bits per heavy atom. The largest absolute Gasteiger partial charge is 0.378 e. The number of nitrogens with two attached hydrogens (primary N) is 1. The first-order chi connectivity index (χ1) is 15.4. The van der Waals surface area contributed by atoms with Crippen LogP contribution in [0.3, 0.4) is 0 Å². The molecule has 4 N–H and O–H groups in total. The number of nitrogens with one attached hydrogen (secondary N) is 2. The van der Waals surface area contributed by atoms with Crippen molar-refractivity contribution in [1.29, 1.82) is 0 Å². The van der Waals surface area contributed by atoms with E-state index in [0.29, 0.717) is 40.6 Å². The van der Waals surface area contributed by atoms with Gasteiger partial charge in [-0.3, -0.25) is 14.5 Å². The number of hydrogen-bond donors (Lipinski definition) is 3. The number of hydrogen-bond acceptors (Lipinski definition) is 8. The van der Waals surface area contributed by atoms with Crippen molar-refractivity contribution in [2.45, 2.75) is 6.42 Å². The van der Waals surface area contributed by atoms with Crippen molar-refractivity contribution in [3.8, 4) is 11.3 Å². The van der Waals surface area contributed by atoms with Crippen LogP contribution in [0.5, 0.6) is 0 Å². The Bertz CT molecular complexity index is 1290. The van der Waals surface area contributed by atoms with Gasteiger partial charge in [0, 0.05) is 48.2 Å². The molecule has 0 aliphatic rings. The Morgan fingerprint density at radius 2 is 1.91 bits per heavy atom. The number of fused-ring (bicyclic) bond motifs is 1. The van der Waals surface area contributed by atoms with E-state index in [1.54, 1.807) is 18.3 Å². The van der Waals surface area contributed by atoms with Crippen LogP contribution in [-0.4, -0.2) is 37.4 Å². The van der Waals surface area contributed by atoms with Crippen LogP contribution in [0.2, 0.25) is 10.0 Å². The predicted molar refractivity (Wildman–Crippen MR) is 125 cm³/mol. The summed E-state index contributed by atoms with van der Waals surface area (Å²) in [7, 11) is 0. The molecule has 0 unspecified atom stereocenters. The van der Waals surface area contributed by atoms with Gasteiger partial charge in [-0.2, -0.15) is 0 Å². The molecule has 164 valence electrons. The average molecular weight is 473 g/mol. The number of nitrogens with zero attached hydrogens (tertiary/aromatic N) is 5. The van der Waals surface area contributed by atoms with Gasteiger partial charge in [0.1, 0.15) is 11.5 Å². The Kier molecular flexibility index (Phi) is 6.24. The summed E-state index contributed by atoms with van der Waals surface area (Å²) >= 11 is 12.4. The molecule has 0 saturated heterocycles. The quantitative estimate of drug-likeness (QED) is 0.193. The minimum absolute atomic E-state index is 0.123. The number of imidazole rings is 1. The van der Waals surface area contributed by atoms with Crippen LogP contribution in [-0.2, 0) is 0 Å². The molecule has 0 amide bonds. The van der Waals surface area contributed by atoms with Gasteiger partial charge >= 0.3 is 5.69 Å².